The summed E-state index contributed by atoms with van der Waals surface area (Å²) in [7, 11) is 0. The quantitative estimate of drug-likeness (QED) is 0.189. The Balaban J connectivity index is 2.31. The predicted octanol–water partition coefficient (Wildman–Crippen LogP) is 4.02. The lowest BCUT2D eigenvalue weighted by atomic mass is 10.0. The number of anilines is 1. The average molecular weight is 447 g/mol. The molecule has 1 unspecified atom stereocenters. The number of para-hydroxylation sites is 1. The van der Waals surface area contributed by atoms with Crippen molar-refractivity contribution in [3.05, 3.63) is 42.0 Å². The largest absolute Gasteiger partial charge is 0.550 e. The average Bonchev–Trinajstić information content (AvgIpc) is 2.78. The van der Waals surface area contributed by atoms with Crippen molar-refractivity contribution in [1.82, 2.24) is 0 Å². The van der Waals surface area contributed by atoms with E-state index in [1.54, 1.807) is 0 Å². The van der Waals surface area contributed by atoms with E-state index in [1.165, 1.54) is 38.5 Å². The Morgan fingerprint density at radius 2 is 1.81 bits per heavy atom. The molecule has 0 aromatic heterocycles. The van der Waals surface area contributed by atoms with Crippen molar-refractivity contribution in [2.45, 2.75) is 77.6 Å². The number of hydrogen-bond donors (Lipinski definition) is 2. The number of ether oxygens (including phenoxy) is 1. The van der Waals surface area contributed by atoms with E-state index in [0.29, 0.717) is 19.4 Å². The molecule has 0 aliphatic heterocycles. The van der Waals surface area contributed by atoms with Crippen LogP contribution in [0.25, 0.3) is 0 Å². The highest BCUT2D eigenvalue weighted by Gasteiger charge is 2.19. The maximum atomic E-state index is 12.3. The molecule has 2 N–H and O–H groups in total. The molecule has 0 aliphatic rings. The Morgan fingerprint density at radius 1 is 1.09 bits per heavy atom. The molecule has 0 radical (unpaired) electrons. The zero-order valence-electron chi connectivity index (χ0n) is 19.5. The van der Waals surface area contributed by atoms with Gasteiger partial charge in [-0.1, -0.05) is 75.8 Å². The maximum Gasteiger partial charge on any atom is 0.309 e. The van der Waals surface area contributed by atoms with E-state index in [2.05, 4.69) is 12.2 Å². The summed E-state index contributed by atoms with van der Waals surface area (Å²) >= 11 is 0. The number of carbonyl (C=O) groups excluding carboxylic acids is 2. The van der Waals surface area contributed by atoms with Crippen LogP contribution in [0, 0.1) is 5.92 Å². The number of nitrogens with one attached hydrogen (secondary N) is 1. The fraction of sp³-hybridized carbons (Fsp3) is 0.615. The van der Waals surface area contributed by atoms with Crippen molar-refractivity contribution in [1.29, 1.82) is 0 Å². The molecule has 0 amide bonds. The number of carbonyl (C=O) groups is 2. The van der Waals surface area contributed by atoms with Crippen molar-refractivity contribution in [3.8, 4) is 0 Å². The Kier molecular flexibility index (Phi) is 15.8. The summed E-state index contributed by atoms with van der Waals surface area (Å²) in [5.41, 5.74) is 1.87. The third kappa shape index (κ3) is 13.2. The van der Waals surface area contributed by atoms with Gasteiger partial charge in [-0.15, -0.1) is 0 Å². The molecule has 0 heterocycles. The minimum absolute atomic E-state index is 0.0606. The molecular weight excluding hydrogens is 406 g/mol. The summed E-state index contributed by atoms with van der Waals surface area (Å²) < 4.78 is 5.29. The second-order valence-corrected chi connectivity index (χ2v) is 8.12. The normalized spacial score (nSPS) is 12.1. The van der Waals surface area contributed by atoms with E-state index in [1.807, 2.05) is 36.4 Å². The summed E-state index contributed by atoms with van der Waals surface area (Å²) in [4.78, 5) is 23.4. The van der Waals surface area contributed by atoms with Crippen molar-refractivity contribution in [3.63, 3.8) is 0 Å². The lowest BCUT2D eigenvalue weighted by molar-refractivity contribution is -0.306. The third-order valence-electron chi connectivity index (χ3n) is 5.37. The van der Waals surface area contributed by atoms with Gasteiger partial charge in [-0.2, -0.15) is 0 Å². The van der Waals surface area contributed by atoms with Crippen LogP contribution in [0.2, 0.25) is 0 Å². The number of carboxylic acids is 1. The van der Waals surface area contributed by atoms with Gasteiger partial charge in [-0.05, 0) is 37.3 Å². The summed E-state index contributed by atoms with van der Waals surface area (Å²) in [5.74, 6) is -2.49. The molecule has 0 spiro atoms. The Bertz CT molecular complexity index is 674. The van der Waals surface area contributed by atoms with Crippen molar-refractivity contribution in [2.24, 2.45) is 5.92 Å². The van der Waals surface area contributed by atoms with Gasteiger partial charge in [0.05, 0.1) is 5.92 Å². The number of aliphatic hydroxyl groups excluding tert-OH is 1. The fourth-order valence-corrected chi connectivity index (χ4v) is 3.55. The van der Waals surface area contributed by atoms with Crippen LogP contribution < -0.4 is 10.4 Å². The molecular formula is C26H40NO5-. The maximum absolute atomic E-state index is 12.3. The van der Waals surface area contributed by atoms with Gasteiger partial charge < -0.3 is 25.1 Å². The summed E-state index contributed by atoms with van der Waals surface area (Å²) in [6.07, 6.45) is 14.1. The molecule has 1 atom stereocenters. The van der Waals surface area contributed by atoms with E-state index in [0.717, 1.165) is 24.1 Å². The SMILES string of the molecule is CCCCCCCCCC=CCC(CC(=O)[O-])C(=O)OCCNc1ccccc1CCO. The van der Waals surface area contributed by atoms with Crippen LogP contribution in [-0.2, 0) is 20.7 Å². The van der Waals surface area contributed by atoms with Crippen molar-refractivity contribution in [2.75, 3.05) is 25.1 Å². The minimum Gasteiger partial charge on any atom is -0.550 e. The molecule has 6 heteroatoms. The number of carboxylic acid groups (broad SMARTS) is 1. The van der Waals surface area contributed by atoms with Crippen LogP contribution in [0.3, 0.4) is 0 Å². The van der Waals surface area contributed by atoms with Crippen LogP contribution in [0.1, 0.15) is 76.7 Å². The number of aliphatic carboxylic acids is 1. The number of unbranched alkanes of at least 4 members (excludes halogenated alkanes) is 7. The zero-order valence-corrected chi connectivity index (χ0v) is 19.5. The number of benzene rings is 1. The summed E-state index contributed by atoms with van der Waals surface area (Å²) in [6, 6.07) is 7.63. The Hall–Kier alpha value is -2.34. The number of rotatable bonds is 19. The third-order valence-corrected chi connectivity index (χ3v) is 5.37. The van der Waals surface area contributed by atoms with Gasteiger partial charge in [-0.25, -0.2) is 0 Å². The first-order valence-corrected chi connectivity index (χ1v) is 12.0. The highest BCUT2D eigenvalue weighted by Crippen LogP contribution is 2.16. The second kappa shape index (κ2) is 18.3. The Morgan fingerprint density at radius 3 is 2.53 bits per heavy atom. The fourth-order valence-electron chi connectivity index (χ4n) is 3.55. The Labute approximate surface area is 193 Å². The molecule has 0 aliphatic carbocycles. The van der Waals surface area contributed by atoms with E-state index >= 15 is 0 Å². The molecule has 1 aromatic rings. The molecule has 1 rings (SSSR count). The van der Waals surface area contributed by atoms with Gasteiger partial charge in [0.2, 0.25) is 0 Å². The molecule has 1 aromatic carbocycles. The van der Waals surface area contributed by atoms with Gasteiger partial charge in [0, 0.05) is 31.2 Å². The summed E-state index contributed by atoms with van der Waals surface area (Å²) in [5, 5.41) is 23.4. The van der Waals surface area contributed by atoms with E-state index in [4.69, 9.17) is 9.84 Å². The van der Waals surface area contributed by atoms with E-state index < -0.39 is 17.9 Å². The smallest absolute Gasteiger partial charge is 0.309 e. The van der Waals surface area contributed by atoms with E-state index in [-0.39, 0.29) is 19.6 Å². The van der Waals surface area contributed by atoms with E-state index in [9.17, 15) is 14.7 Å². The molecule has 0 saturated heterocycles. The molecule has 0 saturated carbocycles. The zero-order chi connectivity index (χ0) is 23.4. The highest BCUT2D eigenvalue weighted by molar-refractivity contribution is 5.78. The number of hydrogen-bond acceptors (Lipinski definition) is 6. The van der Waals surface area contributed by atoms with Gasteiger partial charge >= 0.3 is 5.97 Å². The minimum atomic E-state index is -1.25. The summed E-state index contributed by atoms with van der Waals surface area (Å²) in [6.45, 7) is 2.81. The van der Waals surface area contributed by atoms with Crippen LogP contribution in [-0.4, -0.2) is 36.8 Å². The standard InChI is InChI=1S/C26H41NO5/c1-2-3-4-5-6-7-8-9-10-11-15-23(21-25(29)30)26(31)32-20-18-27-24-16-13-12-14-22(24)17-19-28/h10-14,16,23,27-28H,2-9,15,17-21H2,1H3,(H,29,30)/p-1. The molecule has 0 bridgehead atoms. The first-order valence-electron chi connectivity index (χ1n) is 12.0. The number of esters is 1. The number of allylic oxidation sites excluding steroid dienone is 2. The molecule has 32 heavy (non-hydrogen) atoms. The van der Waals surface area contributed by atoms with Crippen LogP contribution >= 0.6 is 0 Å². The van der Waals surface area contributed by atoms with Crippen LogP contribution in [0.5, 0.6) is 0 Å². The number of aliphatic hydroxyl groups is 1. The molecule has 180 valence electrons. The van der Waals surface area contributed by atoms with Gasteiger partial charge in [0.1, 0.15) is 6.61 Å². The van der Waals surface area contributed by atoms with Gasteiger partial charge in [0.25, 0.3) is 0 Å². The van der Waals surface area contributed by atoms with Crippen LogP contribution in [0.15, 0.2) is 36.4 Å². The predicted molar refractivity (Wildman–Crippen MR) is 126 cm³/mol. The first-order chi connectivity index (χ1) is 15.6. The second-order valence-electron chi connectivity index (χ2n) is 8.12. The lowest BCUT2D eigenvalue weighted by Gasteiger charge is -2.16. The highest BCUT2D eigenvalue weighted by atomic mass is 16.5. The molecule has 0 fully saturated rings. The van der Waals surface area contributed by atoms with Crippen molar-refractivity contribution >= 4 is 17.6 Å². The monoisotopic (exact) mass is 446 g/mol. The van der Waals surface area contributed by atoms with Crippen LogP contribution in [0.4, 0.5) is 5.69 Å². The lowest BCUT2D eigenvalue weighted by Crippen LogP contribution is -2.30. The van der Waals surface area contributed by atoms with Gasteiger partial charge in [0.15, 0.2) is 0 Å². The van der Waals surface area contributed by atoms with Crippen molar-refractivity contribution < 1.29 is 24.5 Å². The first kappa shape index (κ1) is 27.7. The topological polar surface area (TPSA) is 98.7 Å². The molecule has 6 nitrogen and oxygen atoms in total. The van der Waals surface area contributed by atoms with Gasteiger partial charge in [-0.3, -0.25) is 4.79 Å².